The van der Waals surface area contributed by atoms with Crippen LogP contribution in [-0.2, 0) is 12.8 Å². The maximum atomic E-state index is 10.3. The molecule has 1 aliphatic heterocycles. The molecular weight excluding hydrogens is 226 g/mol. The molecule has 1 fully saturated rings. The van der Waals surface area contributed by atoms with Gasteiger partial charge in [-0.3, -0.25) is 0 Å². The maximum Gasteiger partial charge on any atom is 0.135 e. The molecule has 2 aliphatic rings. The van der Waals surface area contributed by atoms with Gasteiger partial charge in [-0.25, -0.2) is 9.97 Å². The first-order valence-corrected chi connectivity index (χ1v) is 6.90. The zero-order valence-corrected chi connectivity index (χ0v) is 11.2. The van der Waals surface area contributed by atoms with E-state index in [1.807, 2.05) is 0 Å². The molecular formula is C14H21N3O. The first kappa shape index (κ1) is 11.9. The van der Waals surface area contributed by atoms with Crippen LogP contribution >= 0.6 is 0 Å². The van der Waals surface area contributed by atoms with Crippen LogP contribution in [0.15, 0.2) is 6.33 Å². The number of fused-ring (bicyclic) bond motifs is 1. The normalized spacial score (nSPS) is 21.7. The third-order valence-corrected chi connectivity index (χ3v) is 4.41. The van der Waals surface area contributed by atoms with Crippen LogP contribution in [0.2, 0.25) is 0 Å². The van der Waals surface area contributed by atoms with Gasteiger partial charge < -0.3 is 10.0 Å². The summed E-state index contributed by atoms with van der Waals surface area (Å²) >= 11 is 0. The molecule has 0 spiro atoms. The average Bonchev–Trinajstić information content (AvgIpc) is 2.34. The van der Waals surface area contributed by atoms with Crippen molar-refractivity contribution in [2.75, 3.05) is 18.0 Å². The predicted molar refractivity (Wildman–Crippen MR) is 70.7 cm³/mol. The molecule has 2 heterocycles. The lowest BCUT2D eigenvalue weighted by atomic mass is 9.82. The van der Waals surface area contributed by atoms with E-state index in [4.69, 9.17) is 0 Å². The minimum atomic E-state index is -0.535. The maximum absolute atomic E-state index is 10.3. The highest BCUT2D eigenvalue weighted by molar-refractivity contribution is 5.52. The highest BCUT2D eigenvalue weighted by Crippen LogP contribution is 2.35. The van der Waals surface area contributed by atoms with Crippen molar-refractivity contribution in [1.82, 2.24) is 9.97 Å². The second kappa shape index (κ2) is 4.19. The van der Waals surface area contributed by atoms with Crippen LogP contribution in [0.4, 0.5) is 5.82 Å². The molecule has 18 heavy (non-hydrogen) atoms. The van der Waals surface area contributed by atoms with Gasteiger partial charge in [0.25, 0.3) is 0 Å². The van der Waals surface area contributed by atoms with E-state index in [-0.39, 0.29) is 0 Å². The standard InChI is InChI=1S/C14H21N3O/c1-10(2)14(18)7-17(8-14)13-11-5-3-4-6-12(11)15-9-16-13/h9-10,18H,3-8H2,1-2H3. The van der Waals surface area contributed by atoms with Crippen LogP contribution < -0.4 is 4.90 Å². The van der Waals surface area contributed by atoms with E-state index in [2.05, 4.69) is 28.7 Å². The summed E-state index contributed by atoms with van der Waals surface area (Å²) in [5.74, 6) is 1.36. The van der Waals surface area contributed by atoms with E-state index in [1.165, 1.54) is 24.1 Å². The quantitative estimate of drug-likeness (QED) is 0.861. The lowest BCUT2D eigenvalue weighted by Gasteiger charge is -2.50. The highest BCUT2D eigenvalue weighted by Gasteiger charge is 2.45. The summed E-state index contributed by atoms with van der Waals surface area (Å²) in [7, 11) is 0. The Labute approximate surface area is 108 Å². The molecule has 0 radical (unpaired) electrons. The molecule has 0 saturated carbocycles. The van der Waals surface area contributed by atoms with E-state index in [9.17, 15) is 5.11 Å². The molecule has 0 unspecified atom stereocenters. The van der Waals surface area contributed by atoms with Gasteiger partial charge in [0.15, 0.2) is 0 Å². The van der Waals surface area contributed by atoms with Gasteiger partial charge in [-0.2, -0.15) is 0 Å². The molecule has 4 heteroatoms. The Bertz CT molecular complexity index is 452. The summed E-state index contributed by atoms with van der Waals surface area (Å²) in [6, 6.07) is 0. The molecule has 1 N–H and O–H groups in total. The molecule has 1 aromatic rings. The van der Waals surface area contributed by atoms with Crippen molar-refractivity contribution in [3.8, 4) is 0 Å². The Morgan fingerprint density at radius 1 is 1.22 bits per heavy atom. The first-order chi connectivity index (χ1) is 8.60. The third kappa shape index (κ3) is 1.79. The topological polar surface area (TPSA) is 49.2 Å². The minimum absolute atomic E-state index is 0.298. The van der Waals surface area contributed by atoms with Crippen LogP contribution in [0.1, 0.15) is 37.9 Å². The second-order valence-electron chi connectivity index (χ2n) is 5.94. The van der Waals surface area contributed by atoms with Gasteiger partial charge in [0.1, 0.15) is 17.7 Å². The fourth-order valence-electron chi connectivity index (χ4n) is 2.91. The highest BCUT2D eigenvalue weighted by atomic mass is 16.3. The van der Waals surface area contributed by atoms with Crippen molar-refractivity contribution in [2.45, 2.75) is 45.1 Å². The lowest BCUT2D eigenvalue weighted by Crippen LogP contribution is -2.65. The fraction of sp³-hybridized carbons (Fsp3) is 0.714. The number of nitrogens with zero attached hydrogens (tertiary/aromatic N) is 3. The number of anilines is 1. The molecule has 0 aromatic carbocycles. The Balaban J connectivity index is 1.83. The molecule has 4 nitrogen and oxygen atoms in total. The van der Waals surface area contributed by atoms with Gasteiger partial charge >= 0.3 is 0 Å². The van der Waals surface area contributed by atoms with Gasteiger partial charge in [0, 0.05) is 11.3 Å². The van der Waals surface area contributed by atoms with Crippen molar-refractivity contribution in [3.05, 3.63) is 17.6 Å². The van der Waals surface area contributed by atoms with Crippen LogP contribution in [-0.4, -0.2) is 33.8 Å². The zero-order chi connectivity index (χ0) is 12.8. The summed E-state index contributed by atoms with van der Waals surface area (Å²) in [5, 5.41) is 10.3. The van der Waals surface area contributed by atoms with Gasteiger partial charge in [0.2, 0.25) is 0 Å². The van der Waals surface area contributed by atoms with E-state index in [0.29, 0.717) is 19.0 Å². The van der Waals surface area contributed by atoms with Crippen LogP contribution in [0.25, 0.3) is 0 Å². The van der Waals surface area contributed by atoms with Gasteiger partial charge in [-0.05, 0) is 31.6 Å². The van der Waals surface area contributed by atoms with Crippen LogP contribution in [0, 0.1) is 5.92 Å². The number of hydrogen-bond acceptors (Lipinski definition) is 4. The van der Waals surface area contributed by atoms with Crippen molar-refractivity contribution in [3.63, 3.8) is 0 Å². The Kier molecular flexibility index (Phi) is 2.77. The van der Waals surface area contributed by atoms with Gasteiger partial charge in [-0.15, -0.1) is 0 Å². The van der Waals surface area contributed by atoms with E-state index < -0.39 is 5.60 Å². The Morgan fingerprint density at radius 2 is 1.94 bits per heavy atom. The summed E-state index contributed by atoms with van der Waals surface area (Å²) in [6.45, 7) is 5.56. The number of β-amino-alcohol motifs (C(OH)–C–C–N with tert-alkyl or cyclic N) is 1. The summed E-state index contributed by atoms with van der Waals surface area (Å²) < 4.78 is 0. The van der Waals surface area contributed by atoms with E-state index in [1.54, 1.807) is 6.33 Å². The number of hydrogen-bond donors (Lipinski definition) is 1. The fourth-order valence-corrected chi connectivity index (χ4v) is 2.91. The Morgan fingerprint density at radius 3 is 2.67 bits per heavy atom. The first-order valence-electron chi connectivity index (χ1n) is 6.90. The largest absolute Gasteiger partial charge is 0.386 e. The zero-order valence-electron chi connectivity index (χ0n) is 11.2. The van der Waals surface area contributed by atoms with Gasteiger partial charge in [-0.1, -0.05) is 13.8 Å². The summed E-state index contributed by atoms with van der Waals surface area (Å²) in [6.07, 6.45) is 6.30. The number of rotatable bonds is 2. The molecule has 3 rings (SSSR count). The number of aromatic nitrogens is 2. The molecule has 0 bridgehead atoms. The lowest BCUT2D eigenvalue weighted by molar-refractivity contribution is -0.0305. The number of aliphatic hydroxyl groups is 1. The van der Waals surface area contributed by atoms with Gasteiger partial charge in [0.05, 0.1) is 13.1 Å². The molecule has 0 amide bonds. The summed E-state index contributed by atoms with van der Waals surface area (Å²) in [4.78, 5) is 11.0. The molecule has 0 atom stereocenters. The molecule has 1 aromatic heterocycles. The second-order valence-corrected chi connectivity index (χ2v) is 5.94. The average molecular weight is 247 g/mol. The van der Waals surface area contributed by atoms with Crippen molar-refractivity contribution in [2.24, 2.45) is 5.92 Å². The van der Waals surface area contributed by atoms with Crippen molar-refractivity contribution in [1.29, 1.82) is 0 Å². The van der Waals surface area contributed by atoms with Crippen LogP contribution in [0.3, 0.4) is 0 Å². The smallest absolute Gasteiger partial charge is 0.135 e. The molecule has 98 valence electrons. The molecule has 1 aliphatic carbocycles. The predicted octanol–water partition coefficient (Wildman–Crippen LogP) is 1.56. The summed E-state index contributed by atoms with van der Waals surface area (Å²) in [5.41, 5.74) is 1.99. The number of aryl methyl sites for hydroxylation is 1. The monoisotopic (exact) mass is 247 g/mol. The third-order valence-electron chi connectivity index (χ3n) is 4.41. The minimum Gasteiger partial charge on any atom is -0.386 e. The SMILES string of the molecule is CC(C)C1(O)CN(c2ncnc3c2CCCC3)C1. The molecule has 1 saturated heterocycles. The van der Waals surface area contributed by atoms with E-state index in [0.717, 1.165) is 18.7 Å². The van der Waals surface area contributed by atoms with E-state index >= 15 is 0 Å². The van der Waals surface area contributed by atoms with Crippen LogP contribution in [0.5, 0.6) is 0 Å². The Hall–Kier alpha value is -1.16. The van der Waals surface area contributed by atoms with Crippen molar-refractivity contribution >= 4 is 5.82 Å². The van der Waals surface area contributed by atoms with Crippen molar-refractivity contribution < 1.29 is 5.11 Å².